The molecule has 0 atom stereocenters. The van der Waals surface area contributed by atoms with Crippen molar-refractivity contribution >= 4 is 22.4 Å². The molecule has 5 heteroatoms. The summed E-state index contributed by atoms with van der Waals surface area (Å²) in [5, 5.41) is 15.1. The molecule has 2 heterocycles. The average Bonchev–Trinajstić information content (AvgIpc) is 2.74. The summed E-state index contributed by atoms with van der Waals surface area (Å²) in [4.78, 5) is 17.8. The molecule has 0 radical (unpaired) electrons. The number of rotatable bonds is 3. The number of hydrogen-bond donors (Lipinski definition) is 1. The van der Waals surface area contributed by atoms with Gasteiger partial charge in [-0.1, -0.05) is 12.1 Å². The molecule has 140 valence electrons. The number of hydrogen-bond acceptors (Lipinski definition) is 4. The largest absolute Gasteiger partial charge is 0.382 e. The Morgan fingerprint density at radius 2 is 2.00 bits per heavy atom. The summed E-state index contributed by atoms with van der Waals surface area (Å²) in [6, 6.07) is 16.5. The SMILES string of the molecule is CC(=O)N1CCC(Nc2cc(-c3cccc(C#N)c3)cc3ccncc23)CC1. The van der Waals surface area contributed by atoms with Crippen LogP contribution in [0.4, 0.5) is 5.69 Å². The maximum atomic E-state index is 11.6. The Labute approximate surface area is 164 Å². The van der Waals surface area contributed by atoms with Gasteiger partial charge < -0.3 is 10.2 Å². The van der Waals surface area contributed by atoms with Crippen molar-refractivity contribution < 1.29 is 4.79 Å². The fourth-order valence-corrected chi connectivity index (χ4v) is 3.81. The van der Waals surface area contributed by atoms with Crippen molar-refractivity contribution in [2.45, 2.75) is 25.8 Å². The van der Waals surface area contributed by atoms with E-state index in [9.17, 15) is 10.1 Å². The Morgan fingerprint density at radius 3 is 2.75 bits per heavy atom. The second kappa shape index (κ2) is 7.69. The summed E-state index contributed by atoms with van der Waals surface area (Å²) in [5.74, 6) is 0.146. The van der Waals surface area contributed by atoms with E-state index in [0.29, 0.717) is 11.6 Å². The smallest absolute Gasteiger partial charge is 0.219 e. The predicted molar refractivity (Wildman–Crippen MR) is 111 cm³/mol. The van der Waals surface area contributed by atoms with Crippen LogP contribution in [-0.2, 0) is 4.79 Å². The first-order valence-corrected chi connectivity index (χ1v) is 9.54. The van der Waals surface area contributed by atoms with E-state index in [-0.39, 0.29) is 5.91 Å². The standard InChI is InChI=1S/C23H22N4O/c1-16(28)27-9-6-21(7-10-27)26-23-13-20(12-19-5-8-25-15-22(19)23)18-4-2-3-17(11-18)14-24/h2-5,8,11-13,15,21,26H,6-7,9-10H2,1H3. The number of fused-ring (bicyclic) bond motifs is 1. The molecule has 0 bridgehead atoms. The summed E-state index contributed by atoms with van der Waals surface area (Å²) in [6.07, 6.45) is 5.54. The molecule has 5 nitrogen and oxygen atoms in total. The van der Waals surface area contributed by atoms with Crippen LogP contribution in [0, 0.1) is 11.3 Å². The Balaban J connectivity index is 1.67. The van der Waals surface area contributed by atoms with Gasteiger partial charge in [0, 0.05) is 49.5 Å². The van der Waals surface area contributed by atoms with E-state index in [1.54, 1.807) is 13.1 Å². The van der Waals surface area contributed by atoms with Crippen molar-refractivity contribution in [3.05, 3.63) is 60.4 Å². The van der Waals surface area contributed by atoms with Crippen molar-refractivity contribution in [3.63, 3.8) is 0 Å². The number of nitriles is 1. The first kappa shape index (κ1) is 18.0. The van der Waals surface area contributed by atoms with Gasteiger partial charge in [-0.25, -0.2) is 0 Å². The molecule has 1 saturated heterocycles. The third-order valence-corrected chi connectivity index (χ3v) is 5.38. The number of pyridine rings is 1. The summed E-state index contributed by atoms with van der Waals surface area (Å²) in [7, 11) is 0. The lowest BCUT2D eigenvalue weighted by atomic mass is 9.98. The number of benzene rings is 2. The molecular weight excluding hydrogens is 348 g/mol. The average molecular weight is 370 g/mol. The lowest BCUT2D eigenvalue weighted by Crippen LogP contribution is -2.41. The lowest BCUT2D eigenvalue weighted by Gasteiger charge is -2.32. The summed E-state index contributed by atoms with van der Waals surface area (Å²) >= 11 is 0. The van der Waals surface area contributed by atoms with E-state index in [4.69, 9.17) is 0 Å². The number of likely N-dealkylation sites (tertiary alicyclic amines) is 1. The molecule has 1 aliphatic heterocycles. The molecular formula is C23H22N4O. The van der Waals surface area contributed by atoms with E-state index < -0.39 is 0 Å². The third-order valence-electron chi connectivity index (χ3n) is 5.38. The van der Waals surface area contributed by atoms with Crippen molar-refractivity contribution in [3.8, 4) is 17.2 Å². The molecule has 0 aliphatic carbocycles. The van der Waals surface area contributed by atoms with Crippen molar-refractivity contribution in [1.29, 1.82) is 5.26 Å². The van der Waals surface area contributed by atoms with Gasteiger partial charge in [0.1, 0.15) is 0 Å². The highest BCUT2D eigenvalue weighted by Crippen LogP contribution is 2.32. The van der Waals surface area contributed by atoms with Crippen LogP contribution in [0.3, 0.4) is 0 Å². The highest BCUT2D eigenvalue weighted by atomic mass is 16.2. The normalized spacial score (nSPS) is 14.6. The Bertz CT molecular complexity index is 1060. The molecule has 4 rings (SSSR count). The second-order valence-corrected chi connectivity index (χ2v) is 7.24. The van der Waals surface area contributed by atoms with Gasteiger partial charge in [0.15, 0.2) is 0 Å². The lowest BCUT2D eigenvalue weighted by molar-refractivity contribution is -0.129. The van der Waals surface area contributed by atoms with Gasteiger partial charge in [-0.15, -0.1) is 0 Å². The highest BCUT2D eigenvalue weighted by Gasteiger charge is 2.21. The maximum Gasteiger partial charge on any atom is 0.219 e. The minimum absolute atomic E-state index is 0.146. The van der Waals surface area contributed by atoms with E-state index in [2.05, 4.69) is 28.5 Å². The summed E-state index contributed by atoms with van der Waals surface area (Å²) in [6.45, 7) is 3.20. The molecule has 2 aromatic carbocycles. The molecule has 0 unspecified atom stereocenters. The Kier molecular flexibility index (Phi) is 4.94. The molecule has 0 saturated carbocycles. The number of carbonyl (C=O) groups excluding carboxylic acids is 1. The minimum Gasteiger partial charge on any atom is -0.382 e. The minimum atomic E-state index is 0.146. The van der Waals surface area contributed by atoms with Gasteiger partial charge in [0.25, 0.3) is 0 Å². The molecule has 3 aromatic rings. The molecule has 0 spiro atoms. The van der Waals surface area contributed by atoms with Gasteiger partial charge in [0.2, 0.25) is 5.91 Å². The van der Waals surface area contributed by atoms with Crippen LogP contribution in [0.1, 0.15) is 25.3 Å². The second-order valence-electron chi connectivity index (χ2n) is 7.24. The molecule has 1 fully saturated rings. The van der Waals surface area contributed by atoms with Crippen LogP contribution in [0.2, 0.25) is 0 Å². The van der Waals surface area contributed by atoms with Crippen LogP contribution >= 0.6 is 0 Å². The zero-order valence-corrected chi connectivity index (χ0v) is 15.9. The third kappa shape index (κ3) is 3.67. The number of anilines is 1. The number of piperidine rings is 1. The van der Waals surface area contributed by atoms with Crippen molar-refractivity contribution in [1.82, 2.24) is 9.88 Å². The Morgan fingerprint density at radius 1 is 1.18 bits per heavy atom. The zero-order chi connectivity index (χ0) is 19.5. The fraction of sp³-hybridized carbons (Fsp3) is 0.261. The number of carbonyl (C=O) groups is 1. The number of amides is 1. The van der Waals surface area contributed by atoms with E-state index >= 15 is 0 Å². The van der Waals surface area contributed by atoms with Gasteiger partial charge in [-0.3, -0.25) is 9.78 Å². The predicted octanol–water partition coefficient (Wildman–Crippen LogP) is 4.20. The summed E-state index contributed by atoms with van der Waals surface area (Å²) in [5.41, 5.74) is 3.79. The van der Waals surface area contributed by atoms with E-state index in [1.165, 1.54) is 0 Å². The quantitative estimate of drug-likeness (QED) is 0.750. The first-order valence-electron chi connectivity index (χ1n) is 9.54. The molecule has 1 aromatic heterocycles. The van der Waals surface area contributed by atoms with E-state index in [0.717, 1.165) is 53.5 Å². The topological polar surface area (TPSA) is 69.0 Å². The maximum absolute atomic E-state index is 11.6. The molecule has 1 N–H and O–H groups in total. The summed E-state index contributed by atoms with van der Waals surface area (Å²) < 4.78 is 0. The van der Waals surface area contributed by atoms with Gasteiger partial charge >= 0.3 is 0 Å². The van der Waals surface area contributed by atoms with Crippen LogP contribution in [0.25, 0.3) is 21.9 Å². The number of aromatic nitrogens is 1. The van der Waals surface area contributed by atoms with Crippen LogP contribution in [0.5, 0.6) is 0 Å². The number of nitrogens with zero attached hydrogens (tertiary/aromatic N) is 3. The van der Waals surface area contributed by atoms with E-state index in [1.807, 2.05) is 41.4 Å². The molecule has 1 aliphatic rings. The van der Waals surface area contributed by atoms with Gasteiger partial charge in [0.05, 0.1) is 11.6 Å². The van der Waals surface area contributed by atoms with Crippen LogP contribution < -0.4 is 5.32 Å². The highest BCUT2D eigenvalue weighted by molar-refractivity contribution is 5.97. The monoisotopic (exact) mass is 370 g/mol. The zero-order valence-electron chi connectivity index (χ0n) is 15.9. The van der Waals surface area contributed by atoms with Gasteiger partial charge in [-0.2, -0.15) is 5.26 Å². The first-order chi connectivity index (χ1) is 13.6. The molecule has 28 heavy (non-hydrogen) atoms. The van der Waals surface area contributed by atoms with Crippen LogP contribution in [0.15, 0.2) is 54.9 Å². The van der Waals surface area contributed by atoms with Crippen LogP contribution in [-0.4, -0.2) is 34.9 Å². The fourth-order valence-electron chi connectivity index (χ4n) is 3.81. The molecule has 1 amide bonds. The van der Waals surface area contributed by atoms with Gasteiger partial charge in [-0.05, 0) is 59.7 Å². The van der Waals surface area contributed by atoms with Crippen molar-refractivity contribution in [2.75, 3.05) is 18.4 Å². The number of nitrogens with one attached hydrogen (secondary N) is 1. The Hall–Kier alpha value is -3.39. The van der Waals surface area contributed by atoms with Crippen molar-refractivity contribution in [2.24, 2.45) is 0 Å².